The summed E-state index contributed by atoms with van der Waals surface area (Å²) in [5.41, 5.74) is 0.729. The molecule has 0 atom stereocenters. The maximum atomic E-state index is 12.7. The number of carbonyl (C=O) groups excluding carboxylic acids is 2. The molecule has 0 aromatic carbocycles. The van der Waals surface area contributed by atoms with Crippen LogP contribution in [0.3, 0.4) is 0 Å². The number of aromatic nitrogens is 6. The topological polar surface area (TPSA) is 140 Å². The highest BCUT2D eigenvalue weighted by atomic mass is 19.4. The van der Waals surface area contributed by atoms with E-state index in [1.54, 1.807) is 6.20 Å². The van der Waals surface area contributed by atoms with Gasteiger partial charge in [0.2, 0.25) is 0 Å². The molecule has 15 heteroatoms. The van der Waals surface area contributed by atoms with Crippen LogP contribution in [0.4, 0.5) is 35.2 Å². The molecule has 12 nitrogen and oxygen atoms in total. The zero-order valence-electron chi connectivity index (χ0n) is 18.6. The average Bonchev–Trinajstić information content (AvgIpc) is 3.58. The molecule has 1 aliphatic carbocycles. The van der Waals surface area contributed by atoms with Gasteiger partial charge in [-0.25, -0.2) is 24.7 Å². The summed E-state index contributed by atoms with van der Waals surface area (Å²) in [7, 11) is 2.36. The van der Waals surface area contributed by atoms with Crippen molar-refractivity contribution in [3.63, 3.8) is 0 Å². The second kappa shape index (κ2) is 9.52. The summed E-state index contributed by atoms with van der Waals surface area (Å²) in [5, 5.41) is 9.11. The minimum Gasteiger partial charge on any atom is -0.387 e. The molecule has 1 aliphatic rings. The van der Waals surface area contributed by atoms with Gasteiger partial charge in [-0.3, -0.25) is 14.8 Å². The van der Waals surface area contributed by atoms with Gasteiger partial charge < -0.3 is 15.0 Å². The first-order valence-electron chi connectivity index (χ1n) is 10.3. The Hall–Kier alpha value is -4.30. The number of amides is 2. The van der Waals surface area contributed by atoms with Crippen molar-refractivity contribution in [2.75, 3.05) is 24.2 Å². The van der Waals surface area contributed by atoms with Crippen LogP contribution in [0.5, 0.6) is 5.88 Å². The fraction of sp³-hybridized carbons (Fsp3) is 0.350. The predicted molar refractivity (Wildman–Crippen MR) is 115 cm³/mol. The van der Waals surface area contributed by atoms with Crippen LogP contribution in [0.25, 0.3) is 0 Å². The molecule has 1 saturated carbocycles. The Morgan fingerprint density at radius 3 is 2.57 bits per heavy atom. The third kappa shape index (κ3) is 5.99. The number of ether oxygens (including phenoxy) is 1. The molecule has 0 radical (unpaired) electrons. The van der Waals surface area contributed by atoms with Crippen molar-refractivity contribution in [2.24, 2.45) is 7.05 Å². The Morgan fingerprint density at radius 1 is 1.20 bits per heavy atom. The fourth-order valence-corrected chi connectivity index (χ4v) is 3.15. The number of hydrogen-bond acceptors (Lipinski definition) is 9. The lowest BCUT2D eigenvalue weighted by Crippen LogP contribution is -2.37. The zero-order valence-corrected chi connectivity index (χ0v) is 18.6. The molecule has 3 heterocycles. The van der Waals surface area contributed by atoms with E-state index in [2.05, 4.69) is 35.7 Å². The van der Waals surface area contributed by atoms with Gasteiger partial charge in [0.15, 0.2) is 5.82 Å². The minimum atomic E-state index is -4.59. The highest BCUT2D eigenvalue weighted by molar-refractivity contribution is 6.01. The van der Waals surface area contributed by atoms with Gasteiger partial charge >= 0.3 is 12.3 Å². The maximum absolute atomic E-state index is 12.7. The van der Waals surface area contributed by atoms with E-state index >= 15 is 0 Å². The molecule has 2 amide bonds. The fourth-order valence-electron chi connectivity index (χ4n) is 3.15. The van der Waals surface area contributed by atoms with Crippen molar-refractivity contribution in [2.45, 2.75) is 24.9 Å². The standard InChI is InChI=1S/C20H20F3N9O3/c1-31(9-20(21,22)23)18(33)15-14(8-27-32(15)2)30-19(34)35-17-16(28-12-5-24-10-25-6-12)26-7-13(29-17)11-3-4-11/h5-8,10-11H,3-4,9H2,1-2H3,(H,26,28)(H,30,34). The largest absolute Gasteiger partial charge is 0.418 e. The molecule has 0 saturated heterocycles. The molecule has 3 aromatic heterocycles. The van der Waals surface area contributed by atoms with Gasteiger partial charge in [-0.05, 0) is 12.8 Å². The Balaban J connectivity index is 1.53. The molecular formula is C20H20F3N9O3. The van der Waals surface area contributed by atoms with Crippen LogP contribution in [0.15, 0.2) is 31.1 Å². The summed E-state index contributed by atoms with van der Waals surface area (Å²) in [4.78, 5) is 42.2. The third-order valence-corrected chi connectivity index (χ3v) is 4.91. The van der Waals surface area contributed by atoms with Gasteiger partial charge in [0, 0.05) is 20.0 Å². The first kappa shape index (κ1) is 23.8. The maximum Gasteiger partial charge on any atom is 0.418 e. The molecule has 0 bridgehead atoms. The zero-order chi connectivity index (χ0) is 25.2. The summed E-state index contributed by atoms with van der Waals surface area (Å²) < 4.78 is 44.6. The second-order valence-electron chi connectivity index (χ2n) is 7.80. The molecule has 0 unspecified atom stereocenters. The molecule has 0 spiro atoms. The van der Waals surface area contributed by atoms with Crippen molar-refractivity contribution in [3.8, 4) is 5.88 Å². The molecule has 1 fully saturated rings. The van der Waals surface area contributed by atoms with Crippen LogP contribution < -0.4 is 15.4 Å². The number of anilines is 3. The SMILES string of the molecule is CN(CC(F)(F)F)C(=O)c1c(NC(=O)Oc2nc(C3CC3)cnc2Nc2cncnc2)cnn1C. The molecule has 0 aliphatic heterocycles. The van der Waals surface area contributed by atoms with E-state index in [1.165, 1.54) is 25.8 Å². The van der Waals surface area contributed by atoms with E-state index < -0.39 is 24.7 Å². The highest BCUT2D eigenvalue weighted by Gasteiger charge is 2.33. The highest BCUT2D eigenvalue weighted by Crippen LogP contribution is 2.40. The summed E-state index contributed by atoms with van der Waals surface area (Å²) in [6, 6.07) is 0. The monoisotopic (exact) mass is 491 g/mol. The van der Waals surface area contributed by atoms with E-state index in [0.717, 1.165) is 30.8 Å². The third-order valence-electron chi connectivity index (χ3n) is 4.91. The predicted octanol–water partition coefficient (Wildman–Crippen LogP) is 2.87. The lowest BCUT2D eigenvalue weighted by atomic mass is 10.3. The van der Waals surface area contributed by atoms with Crippen molar-refractivity contribution < 1.29 is 27.5 Å². The number of nitrogens with one attached hydrogen (secondary N) is 2. The molecule has 3 aromatic rings. The lowest BCUT2D eigenvalue weighted by molar-refractivity contribution is -0.138. The minimum absolute atomic E-state index is 0.117. The average molecular weight is 491 g/mol. The van der Waals surface area contributed by atoms with Crippen LogP contribution in [0.2, 0.25) is 0 Å². The van der Waals surface area contributed by atoms with Crippen LogP contribution in [0, 0.1) is 0 Å². The van der Waals surface area contributed by atoms with Gasteiger partial charge in [-0.2, -0.15) is 18.3 Å². The number of carbonyl (C=O) groups is 2. The number of hydrogen-bond donors (Lipinski definition) is 2. The van der Waals surface area contributed by atoms with Gasteiger partial charge in [0.25, 0.3) is 11.8 Å². The number of nitrogens with zero attached hydrogens (tertiary/aromatic N) is 7. The van der Waals surface area contributed by atoms with Crippen LogP contribution in [-0.4, -0.2) is 66.4 Å². The van der Waals surface area contributed by atoms with Crippen LogP contribution >= 0.6 is 0 Å². The van der Waals surface area contributed by atoms with Crippen molar-refractivity contribution in [1.82, 2.24) is 34.6 Å². The normalized spacial score (nSPS) is 13.3. The number of alkyl halides is 3. The molecule has 4 rings (SSSR count). The first-order chi connectivity index (χ1) is 16.6. The van der Waals surface area contributed by atoms with Crippen LogP contribution in [-0.2, 0) is 7.05 Å². The van der Waals surface area contributed by atoms with Crippen molar-refractivity contribution >= 4 is 29.2 Å². The van der Waals surface area contributed by atoms with Gasteiger partial charge in [0.05, 0.1) is 41.9 Å². The van der Waals surface area contributed by atoms with E-state index in [9.17, 15) is 22.8 Å². The summed E-state index contributed by atoms with van der Waals surface area (Å²) in [6.45, 7) is -1.47. The number of aryl methyl sites for hydroxylation is 1. The molecular weight excluding hydrogens is 471 g/mol. The van der Waals surface area contributed by atoms with Crippen LogP contribution in [0.1, 0.15) is 34.9 Å². The first-order valence-corrected chi connectivity index (χ1v) is 10.3. The summed E-state index contributed by atoms with van der Waals surface area (Å²) >= 11 is 0. The smallest absolute Gasteiger partial charge is 0.387 e. The lowest BCUT2D eigenvalue weighted by Gasteiger charge is -2.19. The molecule has 184 valence electrons. The molecule has 2 N–H and O–H groups in total. The Bertz CT molecular complexity index is 1230. The van der Waals surface area contributed by atoms with E-state index in [4.69, 9.17) is 4.74 Å². The number of rotatable bonds is 7. The van der Waals surface area contributed by atoms with Gasteiger partial charge in [-0.15, -0.1) is 0 Å². The summed E-state index contributed by atoms with van der Waals surface area (Å²) in [5.74, 6) is -0.790. The van der Waals surface area contributed by atoms with Gasteiger partial charge in [0.1, 0.15) is 18.6 Å². The van der Waals surface area contributed by atoms with E-state index in [1.807, 2.05) is 0 Å². The second-order valence-corrected chi connectivity index (χ2v) is 7.80. The van der Waals surface area contributed by atoms with Crippen molar-refractivity contribution in [1.29, 1.82) is 0 Å². The Labute approximate surface area is 196 Å². The Kier molecular flexibility index (Phi) is 6.48. The summed E-state index contributed by atoms with van der Waals surface area (Å²) in [6.07, 6.45) is 3.26. The number of halogens is 3. The van der Waals surface area contributed by atoms with E-state index in [0.29, 0.717) is 16.3 Å². The quantitative estimate of drug-likeness (QED) is 0.510. The van der Waals surface area contributed by atoms with Gasteiger partial charge in [-0.1, -0.05) is 0 Å². The van der Waals surface area contributed by atoms with Crippen molar-refractivity contribution in [3.05, 3.63) is 42.5 Å². The molecule has 35 heavy (non-hydrogen) atoms. The Morgan fingerprint density at radius 2 is 1.91 bits per heavy atom. The van der Waals surface area contributed by atoms with E-state index in [-0.39, 0.29) is 29.0 Å².